The fourth-order valence-corrected chi connectivity index (χ4v) is 2.81. The first-order valence-corrected chi connectivity index (χ1v) is 8.81. The molecule has 0 atom stereocenters. The molecule has 0 bridgehead atoms. The van der Waals surface area contributed by atoms with Crippen LogP contribution in [-0.4, -0.2) is 21.5 Å². The molecule has 0 fully saturated rings. The van der Waals surface area contributed by atoms with Crippen molar-refractivity contribution in [3.63, 3.8) is 0 Å². The molecule has 0 saturated heterocycles. The molecule has 3 aromatic rings. The second-order valence-electron chi connectivity index (χ2n) is 6.03. The first-order chi connectivity index (χ1) is 13.4. The van der Waals surface area contributed by atoms with Crippen molar-refractivity contribution in [3.8, 4) is 11.3 Å². The summed E-state index contributed by atoms with van der Waals surface area (Å²) >= 11 is 6.05. The lowest BCUT2D eigenvalue weighted by Crippen LogP contribution is -2.23. The average molecular weight is 398 g/mol. The van der Waals surface area contributed by atoms with Crippen LogP contribution in [0.25, 0.3) is 17.3 Å². The number of carbonyl (C=O) groups excluding carboxylic acids is 2. The van der Waals surface area contributed by atoms with Gasteiger partial charge in [0.25, 0.3) is 0 Å². The molecule has 7 heteroatoms. The van der Waals surface area contributed by atoms with Crippen LogP contribution in [0.5, 0.6) is 0 Å². The van der Waals surface area contributed by atoms with Crippen LogP contribution >= 0.6 is 11.6 Å². The van der Waals surface area contributed by atoms with E-state index < -0.39 is 11.8 Å². The predicted octanol–water partition coefficient (Wildman–Crippen LogP) is 3.38. The van der Waals surface area contributed by atoms with Gasteiger partial charge in [0.2, 0.25) is 0 Å². The number of carbonyl (C=O) groups is 2. The number of halogens is 2. The Hall–Kier alpha value is -3.25. The predicted molar refractivity (Wildman–Crippen MR) is 102 cm³/mol. The molecule has 142 valence electrons. The van der Waals surface area contributed by atoms with Crippen LogP contribution in [0.4, 0.5) is 4.39 Å². The number of benzene rings is 2. The van der Waals surface area contributed by atoms with Crippen LogP contribution < -0.4 is 5.11 Å². The first-order valence-electron chi connectivity index (χ1n) is 8.43. The van der Waals surface area contributed by atoms with Gasteiger partial charge in [0.05, 0.1) is 5.69 Å². The van der Waals surface area contributed by atoms with Crippen molar-refractivity contribution in [1.82, 2.24) is 9.78 Å². The molecular formula is C21H15ClFN2O3-. The number of carboxylic acids is 1. The van der Waals surface area contributed by atoms with Crippen LogP contribution in [0.1, 0.15) is 22.3 Å². The van der Waals surface area contributed by atoms with Crippen molar-refractivity contribution in [2.45, 2.75) is 13.0 Å². The minimum absolute atomic E-state index is 0.135. The van der Waals surface area contributed by atoms with E-state index in [-0.39, 0.29) is 18.7 Å². The molecule has 28 heavy (non-hydrogen) atoms. The topological polar surface area (TPSA) is 75.0 Å². The monoisotopic (exact) mass is 397 g/mol. The molecule has 2 aromatic carbocycles. The lowest BCUT2D eigenvalue weighted by Gasteiger charge is -2.02. The zero-order valence-corrected chi connectivity index (χ0v) is 15.4. The van der Waals surface area contributed by atoms with Gasteiger partial charge in [-0.25, -0.2) is 4.39 Å². The summed E-state index contributed by atoms with van der Waals surface area (Å²) in [4.78, 5) is 23.0. The maximum Gasteiger partial charge on any atom is 0.185 e. The Kier molecular flexibility index (Phi) is 6.01. The highest BCUT2D eigenvalue weighted by molar-refractivity contribution is 6.30. The molecule has 1 heterocycles. The van der Waals surface area contributed by atoms with Gasteiger partial charge in [0.15, 0.2) is 5.78 Å². The van der Waals surface area contributed by atoms with Crippen molar-refractivity contribution in [2.75, 3.05) is 0 Å². The lowest BCUT2D eigenvalue weighted by atomic mass is 10.1. The number of aromatic nitrogens is 2. The molecule has 0 aliphatic heterocycles. The molecule has 0 amide bonds. The van der Waals surface area contributed by atoms with Crippen molar-refractivity contribution in [3.05, 3.63) is 82.8 Å². The lowest BCUT2D eigenvalue weighted by molar-refractivity contribution is -0.306. The van der Waals surface area contributed by atoms with E-state index in [1.165, 1.54) is 35.0 Å². The largest absolute Gasteiger partial charge is 0.550 e. The van der Waals surface area contributed by atoms with Gasteiger partial charge in [0.1, 0.15) is 5.82 Å². The zero-order chi connectivity index (χ0) is 20.1. The smallest absolute Gasteiger partial charge is 0.185 e. The van der Waals surface area contributed by atoms with Crippen LogP contribution in [0.2, 0.25) is 5.02 Å². The highest BCUT2D eigenvalue weighted by Crippen LogP contribution is 2.26. The van der Waals surface area contributed by atoms with Gasteiger partial charge >= 0.3 is 0 Å². The number of nitrogens with zero attached hydrogens (tertiary/aromatic N) is 2. The summed E-state index contributed by atoms with van der Waals surface area (Å²) in [6.45, 7) is 0.135. The fraction of sp³-hybridized carbons (Fsp3) is 0.0952. The molecule has 1 aromatic heterocycles. The molecule has 0 aliphatic rings. The third-order valence-corrected chi connectivity index (χ3v) is 4.21. The number of aliphatic carboxylic acids is 1. The van der Waals surface area contributed by atoms with Gasteiger partial charge in [-0.05, 0) is 48.6 Å². The van der Waals surface area contributed by atoms with Crippen molar-refractivity contribution in [2.24, 2.45) is 0 Å². The molecule has 5 nitrogen and oxygen atoms in total. The van der Waals surface area contributed by atoms with Crippen molar-refractivity contribution >= 4 is 29.4 Å². The summed E-state index contributed by atoms with van der Waals surface area (Å²) in [5, 5.41) is 15.7. The number of rotatable bonds is 7. The number of hydrogen-bond acceptors (Lipinski definition) is 4. The van der Waals surface area contributed by atoms with Gasteiger partial charge in [-0.3, -0.25) is 9.48 Å². The summed E-state index contributed by atoms with van der Waals surface area (Å²) in [6, 6.07) is 12.3. The van der Waals surface area contributed by atoms with E-state index in [1.54, 1.807) is 30.5 Å². The number of allylic oxidation sites excluding steroid dienone is 1. The molecule has 0 aliphatic carbocycles. The van der Waals surface area contributed by atoms with E-state index in [1.807, 2.05) is 6.07 Å². The highest BCUT2D eigenvalue weighted by Gasteiger charge is 2.11. The Morgan fingerprint density at radius 2 is 1.93 bits per heavy atom. The Morgan fingerprint density at radius 1 is 1.18 bits per heavy atom. The van der Waals surface area contributed by atoms with E-state index in [2.05, 4.69) is 5.10 Å². The number of aryl methyl sites for hydroxylation is 1. The number of hydrogen-bond donors (Lipinski definition) is 0. The Bertz CT molecular complexity index is 1040. The van der Waals surface area contributed by atoms with Gasteiger partial charge in [-0.2, -0.15) is 5.10 Å². The SMILES string of the molecule is O=C([O-])CCn1cc(C=CC(=O)c2ccc(F)cc2)c(-c2cccc(Cl)c2)n1. The summed E-state index contributed by atoms with van der Waals surface area (Å²) in [5.74, 6) is -1.89. The zero-order valence-electron chi connectivity index (χ0n) is 14.6. The minimum Gasteiger partial charge on any atom is -0.550 e. The maximum atomic E-state index is 13.0. The van der Waals surface area contributed by atoms with E-state index >= 15 is 0 Å². The molecule has 0 radical (unpaired) electrons. The number of carboxylic acid groups (broad SMARTS) is 1. The third-order valence-electron chi connectivity index (χ3n) is 3.98. The van der Waals surface area contributed by atoms with Crippen LogP contribution in [0.15, 0.2) is 60.8 Å². The average Bonchev–Trinajstić information content (AvgIpc) is 3.08. The van der Waals surface area contributed by atoms with Crippen molar-refractivity contribution in [1.29, 1.82) is 0 Å². The van der Waals surface area contributed by atoms with Gasteiger partial charge < -0.3 is 9.90 Å². The molecule has 0 saturated carbocycles. The summed E-state index contributed by atoms with van der Waals surface area (Å²) < 4.78 is 14.5. The normalized spacial score (nSPS) is 11.1. The first kappa shape index (κ1) is 19.5. The second-order valence-corrected chi connectivity index (χ2v) is 6.47. The van der Waals surface area contributed by atoms with Crippen LogP contribution in [0, 0.1) is 5.82 Å². The van der Waals surface area contributed by atoms with E-state index in [9.17, 15) is 19.1 Å². The molecule has 0 unspecified atom stereocenters. The summed E-state index contributed by atoms with van der Waals surface area (Å²) in [6.07, 6.45) is 4.41. The Balaban J connectivity index is 1.92. The second kappa shape index (κ2) is 8.63. The standard InChI is InChI=1S/C21H16ClFN2O3/c22-17-3-1-2-15(12-17)21-16(13-25(24-21)11-10-20(27)28)6-9-19(26)14-4-7-18(23)8-5-14/h1-9,12-13H,10-11H2,(H,27,28)/p-1. The van der Waals surface area contributed by atoms with E-state index in [4.69, 9.17) is 11.6 Å². The fourth-order valence-electron chi connectivity index (χ4n) is 2.62. The van der Waals surface area contributed by atoms with Crippen LogP contribution in [-0.2, 0) is 11.3 Å². The highest BCUT2D eigenvalue weighted by atomic mass is 35.5. The van der Waals surface area contributed by atoms with E-state index in [0.717, 1.165) is 5.56 Å². The Morgan fingerprint density at radius 3 is 2.61 bits per heavy atom. The molecule has 3 rings (SSSR count). The third kappa shape index (κ3) is 4.92. The van der Waals surface area contributed by atoms with Gasteiger partial charge in [0, 0.05) is 46.8 Å². The van der Waals surface area contributed by atoms with Crippen molar-refractivity contribution < 1.29 is 19.1 Å². The van der Waals surface area contributed by atoms with Gasteiger partial charge in [-0.15, -0.1) is 0 Å². The molecular weight excluding hydrogens is 383 g/mol. The van der Waals surface area contributed by atoms with Crippen LogP contribution in [0.3, 0.4) is 0 Å². The minimum atomic E-state index is -1.18. The quantitative estimate of drug-likeness (QED) is 0.452. The summed E-state index contributed by atoms with van der Waals surface area (Å²) in [5.41, 5.74) is 2.26. The Labute approximate surface area is 165 Å². The maximum absolute atomic E-state index is 13.0. The number of ketones is 1. The molecule has 0 N–H and O–H groups in total. The summed E-state index contributed by atoms with van der Waals surface area (Å²) in [7, 11) is 0. The van der Waals surface area contributed by atoms with Gasteiger partial charge in [-0.1, -0.05) is 23.7 Å². The molecule has 0 spiro atoms. The van der Waals surface area contributed by atoms with E-state index in [0.29, 0.717) is 21.8 Å².